The Morgan fingerprint density at radius 2 is 1.52 bits per heavy atom. The molecule has 0 aliphatic heterocycles. The van der Waals surface area contributed by atoms with E-state index in [2.05, 4.69) is 0 Å². The van der Waals surface area contributed by atoms with Crippen LogP contribution in [-0.4, -0.2) is 37.2 Å². The van der Waals surface area contributed by atoms with E-state index in [0.717, 1.165) is 25.7 Å². The molecule has 0 radical (unpaired) electrons. The lowest BCUT2D eigenvalue weighted by atomic mass is 9.93. The van der Waals surface area contributed by atoms with Gasteiger partial charge in [-0.2, -0.15) is 0 Å². The lowest BCUT2D eigenvalue weighted by Gasteiger charge is -2.25. The molecule has 0 aliphatic carbocycles. The monoisotopic (exact) mass is 302 g/mol. The Hall–Kier alpha value is -1.59. The molecule has 0 amide bonds. The van der Waals surface area contributed by atoms with Gasteiger partial charge in [0.25, 0.3) is 0 Å². The van der Waals surface area contributed by atoms with Crippen molar-refractivity contribution in [1.82, 2.24) is 0 Å². The Morgan fingerprint density at radius 3 is 2.00 bits per heavy atom. The number of unbranched alkanes of at least 4 members (excludes halogenated alkanes) is 1. The van der Waals surface area contributed by atoms with Gasteiger partial charge in [-0.15, -0.1) is 0 Å². The van der Waals surface area contributed by atoms with Crippen molar-refractivity contribution in [3.63, 3.8) is 0 Å². The first-order valence-corrected chi connectivity index (χ1v) is 7.30. The number of hydrogen-bond donors (Lipinski definition) is 0. The number of carbonyl (C=O) groups is 3. The van der Waals surface area contributed by atoms with E-state index in [0.29, 0.717) is 6.61 Å². The van der Waals surface area contributed by atoms with Gasteiger partial charge in [-0.25, -0.2) is 0 Å². The SMILES string of the molecule is CCC(CCCCOC(C)=O)C(COC(C)=O)OC(C)=O. The van der Waals surface area contributed by atoms with E-state index in [4.69, 9.17) is 14.2 Å². The first-order valence-electron chi connectivity index (χ1n) is 7.30. The minimum absolute atomic E-state index is 0.0807. The topological polar surface area (TPSA) is 78.9 Å². The zero-order chi connectivity index (χ0) is 16.3. The fraction of sp³-hybridized carbons (Fsp3) is 0.800. The highest BCUT2D eigenvalue weighted by atomic mass is 16.6. The molecule has 6 heteroatoms. The number of esters is 3. The van der Waals surface area contributed by atoms with Crippen LogP contribution in [0.3, 0.4) is 0 Å². The van der Waals surface area contributed by atoms with E-state index < -0.39 is 12.1 Å². The van der Waals surface area contributed by atoms with E-state index in [-0.39, 0.29) is 24.5 Å². The number of carbonyl (C=O) groups excluding carboxylic acids is 3. The van der Waals surface area contributed by atoms with Gasteiger partial charge in [-0.3, -0.25) is 14.4 Å². The Labute approximate surface area is 126 Å². The van der Waals surface area contributed by atoms with Crippen molar-refractivity contribution in [2.75, 3.05) is 13.2 Å². The van der Waals surface area contributed by atoms with Crippen LogP contribution in [0.2, 0.25) is 0 Å². The molecule has 0 fully saturated rings. The molecule has 0 saturated carbocycles. The molecular weight excluding hydrogens is 276 g/mol. The van der Waals surface area contributed by atoms with Gasteiger partial charge in [0.05, 0.1) is 6.61 Å². The third-order valence-corrected chi connectivity index (χ3v) is 3.09. The molecule has 0 aromatic heterocycles. The molecule has 21 heavy (non-hydrogen) atoms. The predicted octanol–water partition coefficient (Wildman–Crippen LogP) is 2.24. The van der Waals surface area contributed by atoms with E-state index in [9.17, 15) is 14.4 Å². The van der Waals surface area contributed by atoms with Crippen LogP contribution < -0.4 is 0 Å². The number of rotatable bonds is 10. The van der Waals surface area contributed by atoms with Crippen molar-refractivity contribution >= 4 is 17.9 Å². The Kier molecular flexibility index (Phi) is 10.3. The molecule has 122 valence electrons. The summed E-state index contributed by atoms with van der Waals surface area (Å²) in [7, 11) is 0. The number of hydrogen-bond acceptors (Lipinski definition) is 6. The molecule has 0 bridgehead atoms. The minimum Gasteiger partial charge on any atom is -0.466 e. The Balaban J connectivity index is 4.27. The maximum Gasteiger partial charge on any atom is 0.303 e. The maximum atomic E-state index is 11.2. The average Bonchev–Trinajstić information content (AvgIpc) is 2.38. The van der Waals surface area contributed by atoms with E-state index >= 15 is 0 Å². The third-order valence-electron chi connectivity index (χ3n) is 3.09. The molecule has 2 atom stereocenters. The van der Waals surface area contributed by atoms with Crippen LogP contribution in [0.25, 0.3) is 0 Å². The van der Waals surface area contributed by atoms with Crippen LogP contribution in [0.1, 0.15) is 53.4 Å². The summed E-state index contributed by atoms with van der Waals surface area (Å²) in [6.45, 7) is 6.52. The van der Waals surface area contributed by atoms with Crippen LogP contribution in [-0.2, 0) is 28.6 Å². The molecule has 0 rings (SSSR count). The molecule has 0 aromatic rings. The standard InChI is InChI=1S/C15H26O6/c1-5-14(8-6-7-9-19-11(2)16)15(21-13(4)18)10-20-12(3)17/h14-15H,5-10H2,1-4H3. The molecule has 0 spiro atoms. The molecule has 0 aromatic carbocycles. The fourth-order valence-corrected chi connectivity index (χ4v) is 2.06. The Morgan fingerprint density at radius 1 is 0.905 bits per heavy atom. The smallest absolute Gasteiger partial charge is 0.303 e. The normalized spacial score (nSPS) is 13.1. The molecule has 0 aliphatic rings. The van der Waals surface area contributed by atoms with Gasteiger partial charge in [-0.05, 0) is 31.6 Å². The molecule has 0 N–H and O–H groups in total. The zero-order valence-corrected chi connectivity index (χ0v) is 13.3. The third kappa shape index (κ3) is 10.8. The van der Waals surface area contributed by atoms with Gasteiger partial charge in [0.2, 0.25) is 0 Å². The van der Waals surface area contributed by atoms with Crippen molar-refractivity contribution in [3.05, 3.63) is 0 Å². The van der Waals surface area contributed by atoms with Crippen LogP contribution in [0, 0.1) is 5.92 Å². The molecule has 6 nitrogen and oxygen atoms in total. The van der Waals surface area contributed by atoms with Crippen LogP contribution in [0.5, 0.6) is 0 Å². The van der Waals surface area contributed by atoms with Gasteiger partial charge in [0.1, 0.15) is 12.7 Å². The summed E-state index contributed by atoms with van der Waals surface area (Å²) >= 11 is 0. The summed E-state index contributed by atoms with van der Waals surface area (Å²) in [5.41, 5.74) is 0. The van der Waals surface area contributed by atoms with Gasteiger partial charge >= 0.3 is 17.9 Å². The molecule has 0 heterocycles. The van der Waals surface area contributed by atoms with Crippen LogP contribution in [0.15, 0.2) is 0 Å². The van der Waals surface area contributed by atoms with Crippen molar-refractivity contribution in [1.29, 1.82) is 0 Å². The summed E-state index contributed by atoms with van der Waals surface area (Å²) in [5.74, 6) is -0.942. The maximum absolute atomic E-state index is 11.2. The lowest BCUT2D eigenvalue weighted by molar-refractivity contribution is -0.160. The molecular formula is C15H26O6. The van der Waals surface area contributed by atoms with Gasteiger partial charge < -0.3 is 14.2 Å². The average molecular weight is 302 g/mol. The van der Waals surface area contributed by atoms with E-state index in [1.807, 2.05) is 6.92 Å². The quantitative estimate of drug-likeness (QED) is 0.350. The van der Waals surface area contributed by atoms with E-state index in [1.165, 1.54) is 20.8 Å². The summed E-state index contributed by atoms with van der Waals surface area (Å²) in [4.78, 5) is 32.7. The van der Waals surface area contributed by atoms with Crippen molar-refractivity contribution in [2.24, 2.45) is 5.92 Å². The first-order chi connectivity index (χ1) is 9.86. The Bertz CT molecular complexity index is 339. The highest BCUT2D eigenvalue weighted by molar-refractivity contribution is 5.67. The summed E-state index contributed by atoms with van der Waals surface area (Å²) in [6.07, 6.45) is 2.81. The van der Waals surface area contributed by atoms with Crippen molar-refractivity contribution in [2.45, 2.75) is 59.5 Å². The molecule has 2 unspecified atom stereocenters. The second-order valence-corrected chi connectivity index (χ2v) is 4.95. The summed E-state index contributed by atoms with van der Waals surface area (Å²) in [5, 5.41) is 0. The van der Waals surface area contributed by atoms with Gasteiger partial charge in [-0.1, -0.05) is 6.92 Å². The number of ether oxygens (including phenoxy) is 3. The van der Waals surface area contributed by atoms with Crippen molar-refractivity contribution < 1.29 is 28.6 Å². The van der Waals surface area contributed by atoms with Crippen LogP contribution in [0.4, 0.5) is 0 Å². The second kappa shape index (κ2) is 11.1. The predicted molar refractivity (Wildman–Crippen MR) is 76.5 cm³/mol. The van der Waals surface area contributed by atoms with E-state index in [1.54, 1.807) is 0 Å². The molecule has 0 saturated heterocycles. The minimum atomic E-state index is -0.426. The fourth-order valence-electron chi connectivity index (χ4n) is 2.06. The summed E-state index contributed by atoms with van der Waals surface area (Å²) in [6, 6.07) is 0. The lowest BCUT2D eigenvalue weighted by Crippen LogP contribution is -2.31. The highest BCUT2D eigenvalue weighted by Crippen LogP contribution is 2.20. The largest absolute Gasteiger partial charge is 0.466 e. The zero-order valence-electron chi connectivity index (χ0n) is 13.3. The second-order valence-electron chi connectivity index (χ2n) is 4.95. The van der Waals surface area contributed by atoms with Gasteiger partial charge in [0, 0.05) is 20.8 Å². The van der Waals surface area contributed by atoms with Crippen LogP contribution >= 0.6 is 0 Å². The van der Waals surface area contributed by atoms with Gasteiger partial charge in [0.15, 0.2) is 0 Å². The summed E-state index contributed by atoms with van der Waals surface area (Å²) < 4.78 is 15.1. The van der Waals surface area contributed by atoms with Crippen molar-refractivity contribution in [3.8, 4) is 0 Å². The first kappa shape index (κ1) is 19.4. The highest BCUT2D eigenvalue weighted by Gasteiger charge is 2.23.